The summed E-state index contributed by atoms with van der Waals surface area (Å²) in [5.74, 6) is 0.807. The average molecular weight is 287 g/mol. The highest BCUT2D eigenvalue weighted by Gasteiger charge is 2.22. The normalized spacial score (nSPS) is 11.7. The van der Waals surface area contributed by atoms with Crippen LogP contribution in [0.5, 0.6) is 0 Å². The number of nitro benzene ring substituents is 1. The molecule has 21 heavy (non-hydrogen) atoms. The van der Waals surface area contributed by atoms with Crippen molar-refractivity contribution in [2.24, 2.45) is 0 Å². The Morgan fingerprint density at radius 1 is 1.33 bits per heavy atom. The molecule has 2 aromatic rings. The molecule has 0 saturated heterocycles. The zero-order chi connectivity index (χ0) is 15.8. The summed E-state index contributed by atoms with van der Waals surface area (Å²) in [7, 11) is 0. The Kier molecular flexibility index (Phi) is 3.85. The van der Waals surface area contributed by atoms with Gasteiger partial charge >= 0.3 is 0 Å². The van der Waals surface area contributed by atoms with Crippen molar-refractivity contribution >= 4 is 22.4 Å². The monoisotopic (exact) mass is 287 g/mol. The van der Waals surface area contributed by atoms with E-state index in [1.54, 1.807) is 19.1 Å². The second kappa shape index (κ2) is 5.31. The zero-order valence-electron chi connectivity index (χ0n) is 13.2. The molecule has 0 saturated carbocycles. The molecule has 0 aliphatic heterocycles. The van der Waals surface area contributed by atoms with Gasteiger partial charge in [0, 0.05) is 23.6 Å². The van der Waals surface area contributed by atoms with Crippen LogP contribution in [0.1, 0.15) is 38.8 Å². The lowest BCUT2D eigenvalue weighted by atomic mass is 9.86. The Bertz CT molecular complexity index is 703. The van der Waals surface area contributed by atoms with Crippen LogP contribution in [-0.4, -0.2) is 16.5 Å². The average Bonchev–Trinajstić information content (AvgIpc) is 2.38. The van der Waals surface area contributed by atoms with E-state index in [0.717, 1.165) is 23.3 Å². The highest BCUT2D eigenvalue weighted by Crippen LogP contribution is 2.34. The number of anilines is 1. The third kappa shape index (κ3) is 2.82. The van der Waals surface area contributed by atoms with E-state index in [9.17, 15) is 10.1 Å². The molecule has 0 aliphatic carbocycles. The van der Waals surface area contributed by atoms with Crippen molar-refractivity contribution in [3.05, 3.63) is 39.4 Å². The summed E-state index contributed by atoms with van der Waals surface area (Å²) in [5.41, 5.74) is 2.48. The van der Waals surface area contributed by atoms with E-state index in [4.69, 9.17) is 0 Å². The first-order valence-corrected chi connectivity index (χ1v) is 7.08. The van der Waals surface area contributed by atoms with Crippen LogP contribution in [0, 0.1) is 17.0 Å². The first-order chi connectivity index (χ1) is 9.75. The van der Waals surface area contributed by atoms with Gasteiger partial charge in [-0.15, -0.1) is 0 Å². The number of nitro groups is 1. The van der Waals surface area contributed by atoms with Gasteiger partial charge < -0.3 is 5.32 Å². The molecule has 0 atom stereocenters. The van der Waals surface area contributed by atoms with E-state index in [-0.39, 0.29) is 16.0 Å². The maximum Gasteiger partial charge on any atom is 0.274 e. The molecule has 0 aliphatic rings. The first kappa shape index (κ1) is 15.2. The number of hydrogen-bond donors (Lipinski definition) is 1. The molecule has 0 unspecified atom stereocenters. The van der Waals surface area contributed by atoms with Crippen molar-refractivity contribution in [3.8, 4) is 0 Å². The Morgan fingerprint density at radius 2 is 2.00 bits per heavy atom. The third-order valence-corrected chi connectivity index (χ3v) is 3.56. The van der Waals surface area contributed by atoms with Crippen LogP contribution >= 0.6 is 0 Å². The highest BCUT2D eigenvalue weighted by atomic mass is 16.6. The number of aromatic nitrogens is 1. The Balaban J connectivity index is 2.78. The van der Waals surface area contributed by atoms with Crippen molar-refractivity contribution in [2.75, 3.05) is 11.9 Å². The largest absolute Gasteiger partial charge is 0.370 e. The molecule has 0 amide bonds. The first-order valence-electron chi connectivity index (χ1n) is 7.08. The SMILES string of the molecule is CCNc1nc2c(C)c([N+](=O)[O-])ccc2cc1C(C)(C)C. The molecule has 0 radical (unpaired) electrons. The number of benzene rings is 1. The predicted molar refractivity (Wildman–Crippen MR) is 86.0 cm³/mol. The van der Waals surface area contributed by atoms with Crippen molar-refractivity contribution in [3.63, 3.8) is 0 Å². The number of hydrogen-bond acceptors (Lipinski definition) is 4. The molecule has 0 fully saturated rings. The van der Waals surface area contributed by atoms with E-state index >= 15 is 0 Å². The Morgan fingerprint density at radius 3 is 2.52 bits per heavy atom. The van der Waals surface area contributed by atoms with Gasteiger partial charge in [-0.3, -0.25) is 10.1 Å². The van der Waals surface area contributed by atoms with Gasteiger partial charge in [0.25, 0.3) is 5.69 Å². The lowest BCUT2D eigenvalue weighted by Gasteiger charge is -2.23. The summed E-state index contributed by atoms with van der Waals surface area (Å²) in [6.45, 7) is 10.9. The second-order valence-electron chi connectivity index (χ2n) is 6.20. The maximum atomic E-state index is 11.1. The highest BCUT2D eigenvalue weighted by molar-refractivity contribution is 5.87. The summed E-state index contributed by atoms with van der Waals surface area (Å²) in [6, 6.07) is 5.41. The fraction of sp³-hybridized carbons (Fsp3) is 0.438. The predicted octanol–water partition coefficient (Wildman–Crippen LogP) is 4.18. The van der Waals surface area contributed by atoms with Crippen LogP contribution in [0.2, 0.25) is 0 Å². The van der Waals surface area contributed by atoms with Gasteiger partial charge in [-0.25, -0.2) is 4.98 Å². The molecule has 0 spiro atoms. The summed E-state index contributed by atoms with van der Waals surface area (Å²) in [5, 5.41) is 15.3. The minimum absolute atomic E-state index is 0.0472. The number of fused-ring (bicyclic) bond motifs is 1. The lowest BCUT2D eigenvalue weighted by Crippen LogP contribution is -2.16. The lowest BCUT2D eigenvalue weighted by molar-refractivity contribution is -0.385. The minimum Gasteiger partial charge on any atom is -0.370 e. The molecular formula is C16H21N3O2. The number of pyridine rings is 1. The van der Waals surface area contributed by atoms with Crippen molar-refractivity contribution in [1.82, 2.24) is 4.98 Å². The van der Waals surface area contributed by atoms with Gasteiger partial charge in [0.1, 0.15) is 5.82 Å². The van der Waals surface area contributed by atoms with Gasteiger partial charge in [0.15, 0.2) is 0 Å². The summed E-state index contributed by atoms with van der Waals surface area (Å²) >= 11 is 0. The summed E-state index contributed by atoms with van der Waals surface area (Å²) < 4.78 is 0. The molecule has 1 aromatic carbocycles. The van der Waals surface area contributed by atoms with Crippen molar-refractivity contribution in [1.29, 1.82) is 0 Å². The maximum absolute atomic E-state index is 11.1. The third-order valence-electron chi connectivity index (χ3n) is 3.56. The topological polar surface area (TPSA) is 68.1 Å². The van der Waals surface area contributed by atoms with Crippen molar-refractivity contribution < 1.29 is 4.92 Å². The van der Waals surface area contributed by atoms with Crippen molar-refractivity contribution in [2.45, 2.75) is 40.0 Å². The molecular weight excluding hydrogens is 266 g/mol. The van der Waals surface area contributed by atoms with E-state index in [1.165, 1.54) is 0 Å². The summed E-state index contributed by atoms with van der Waals surface area (Å²) in [4.78, 5) is 15.4. The fourth-order valence-corrected chi connectivity index (χ4v) is 2.44. The standard InChI is InChI=1S/C16H21N3O2/c1-6-17-15-12(16(3,4)5)9-11-7-8-13(19(20)21)10(2)14(11)18-15/h7-9H,6H2,1-5H3,(H,17,18). The molecule has 0 bridgehead atoms. The van der Waals surface area contributed by atoms with Gasteiger partial charge in [0.2, 0.25) is 0 Å². The second-order valence-corrected chi connectivity index (χ2v) is 6.20. The smallest absolute Gasteiger partial charge is 0.274 e. The van der Waals surface area contributed by atoms with E-state index in [2.05, 4.69) is 37.1 Å². The molecule has 1 aromatic heterocycles. The van der Waals surface area contributed by atoms with Crippen LogP contribution in [-0.2, 0) is 5.41 Å². The molecule has 112 valence electrons. The Labute approximate surface area is 124 Å². The van der Waals surface area contributed by atoms with E-state index in [0.29, 0.717) is 11.1 Å². The minimum atomic E-state index is -0.360. The molecule has 1 N–H and O–H groups in total. The molecule has 1 heterocycles. The molecule has 5 heteroatoms. The number of nitrogens with one attached hydrogen (secondary N) is 1. The number of nitrogens with zero attached hydrogens (tertiary/aromatic N) is 2. The number of rotatable bonds is 3. The van der Waals surface area contributed by atoms with Gasteiger partial charge in [-0.2, -0.15) is 0 Å². The Hall–Kier alpha value is -2.17. The van der Waals surface area contributed by atoms with Crippen LogP contribution in [0.3, 0.4) is 0 Å². The van der Waals surface area contributed by atoms with Crippen LogP contribution in [0.25, 0.3) is 10.9 Å². The van der Waals surface area contributed by atoms with E-state index in [1.807, 2.05) is 6.92 Å². The fourth-order valence-electron chi connectivity index (χ4n) is 2.44. The molecule has 2 rings (SSSR count). The van der Waals surface area contributed by atoms with Crippen LogP contribution < -0.4 is 5.32 Å². The quantitative estimate of drug-likeness (QED) is 0.679. The van der Waals surface area contributed by atoms with Gasteiger partial charge in [-0.05, 0) is 31.4 Å². The zero-order valence-corrected chi connectivity index (χ0v) is 13.2. The summed E-state index contributed by atoms with van der Waals surface area (Å²) in [6.07, 6.45) is 0. The van der Waals surface area contributed by atoms with Gasteiger partial charge in [-0.1, -0.05) is 20.8 Å². The number of aryl methyl sites for hydroxylation is 1. The van der Waals surface area contributed by atoms with E-state index < -0.39 is 0 Å². The van der Waals surface area contributed by atoms with Gasteiger partial charge in [0.05, 0.1) is 16.0 Å². The van der Waals surface area contributed by atoms with Crippen LogP contribution in [0.15, 0.2) is 18.2 Å². The molecule has 5 nitrogen and oxygen atoms in total. The van der Waals surface area contributed by atoms with Crippen LogP contribution in [0.4, 0.5) is 11.5 Å².